The third-order valence-corrected chi connectivity index (χ3v) is 6.66. The topological polar surface area (TPSA) is 66.9 Å². The first-order valence-corrected chi connectivity index (χ1v) is 9.34. The first-order chi connectivity index (χ1) is 10.9. The Morgan fingerprint density at radius 2 is 1.83 bits per heavy atom. The minimum atomic E-state index is -3.47. The average Bonchev–Trinajstić information content (AvgIpc) is 2.93. The third kappa shape index (κ3) is 3.07. The molecule has 0 bridgehead atoms. The van der Waals surface area contributed by atoms with Gasteiger partial charge in [-0.1, -0.05) is 17.7 Å². The van der Waals surface area contributed by atoms with Gasteiger partial charge in [-0.05, 0) is 38.3 Å². The number of rotatable bonds is 3. The lowest BCUT2D eigenvalue weighted by Gasteiger charge is -2.35. The number of sulfonamides is 1. The van der Waals surface area contributed by atoms with Crippen molar-refractivity contribution < 1.29 is 17.9 Å². The van der Waals surface area contributed by atoms with Crippen molar-refractivity contribution in [2.45, 2.75) is 37.6 Å². The van der Waals surface area contributed by atoms with Crippen molar-refractivity contribution in [3.05, 3.63) is 29.3 Å². The van der Waals surface area contributed by atoms with Crippen molar-refractivity contribution in [2.24, 2.45) is 0 Å². The van der Waals surface area contributed by atoms with Crippen molar-refractivity contribution in [1.82, 2.24) is 9.21 Å². The Kier molecular flexibility index (Phi) is 4.33. The van der Waals surface area contributed by atoms with Gasteiger partial charge in [0.1, 0.15) is 6.61 Å². The molecule has 0 atom stereocenters. The summed E-state index contributed by atoms with van der Waals surface area (Å²) in [7, 11) is -3.47. The lowest BCUT2D eigenvalue weighted by atomic mass is 10.1. The molecule has 0 unspecified atom stereocenters. The molecule has 0 radical (unpaired) electrons. The number of piperidine rings is 1. The molecule has 2 heterocycles. The van der Waals surface area contributed by atoms with Crippen LogP contribution >= 0.6 is 0 Å². The third-order valence-electron chi connectivity index (χ3n) is 4.60. The highest BCUT2D eigenvalue weighted by Gasteiger charge is 2.36. The van der Waals surface area contributed by atoms with E-state index in [0.29, 0.717) is 44.0 Å². The largest absolute Gasteiger partial charge is 0.448 e. The van der Waals surface area contributed by atoms with Crippen LogP contribution in [0.5, 0.6) is 0 Å². The van der Waals surface area contributed by atoms with Crippen LogP contribution in [0.25, 0.3) is 0 Å². The Labute approximate surface area is 137 Å². The fourth-order valence-corrected chi connectivity index (χ4v) is 5.03. The molecule has 0 spiro atoms. The van der Waals surface area contributed by atoms with Gasteiger partial charge in [0.2, 0.25) is 10.0 Å². The summed E-state index contributed by atoms with van der Waals surface area (Å²) < 4.78 is 32.2. The van der Waals surface area contributed by atoms with E-state index in [-0.39, 0.29) is 12.1 Å². The Morgan fingerprint density at radius 3 is 2.39 bits per heavy atom. The van der Waals surface area contributed by atoms with E-state index < -0.39 is 10.0 Å². The van der Waals surface area contributed by atoms with E-state index in [0.717, 1.165) is 11.1 Å². The van der Waals surface area contributed by atoms with Gasteiger partial charge < -0.3 is 9.64 Å². The SMILES string of the molecule is Cc1ccc(S(=O)(=O)N2CCC(N3CCOC3=O)CC2)c(C)c1. The maximum atomic E-state index is 12.8. The molecular formula is C16H22N2O4S. The lowest BCUT2D eigenvalue weighted by molar-refractivity contribution is 0.134. The Balaban J connectivity index is 1.72. The van der Waals surface area contributed by atoms with Crippen LogP contribution in [0.1, 0.15) is 24.0 Å². The lowest BCUT2D eigenvalue weighted by Crippen LogP contribution is -2.47. The average molecular weight is 338 g/mol. The van der Waals surface area contributed by atoms with Gasteiger partial charge in [0.15, 0.2) is 0 Å². The Morgan fingerprint density at radius 1 is 1.13 bits per heavy atom. The first kappa shape index (κ1) is 16.3. The van der Waals surface area contributed by atoms with Gasteiger partial charge in [-0.3, -0.25) is 0 Å². The molecule has 1 aromatic carbocycles. The maximum absolute atomic E-state index is 12.8. The fraction of sp³-hybridized carbons (Fsp3) is 0.562. The van der Waals surface area contributed by atoms with Crippen molar-refractivity contribution >= 4 is 16.1 Å². The quantitative estimate of drug-likeness (QED) is 0.844. The summed E-state index contributed by atoms with van der Waals surface area (Å²) in [4.78, 5) is 13.7. The molecule has 2 aliphatic heterocycles. The monoisotopic (exact) mass is 338 g/mol. The number of hydrogen-bond donors (Lipinski definition) is 0. The molecular weight excluding hydrogens is 316 g/mol. The Bertz CT molecular complexity index is 709. The number of aryl methyl sites for hydroxylation is 2. The second kappa shape index (κ2) is 6.13. The molecule has 0 aliphatic carbocycles. The predicted molar refractivity (Wildman–Crippen MR) is 85.8 cm³/mol. The van der Waals surface area contributed by atoms with Gasteiger partial charge >= 0.3 is 6.09 Å². The molecule has 0 N–H and O–H groups in total. The van der Waals surface area contributed by atoms with Crippen molar-refractivity contribution in [1.29, 1.82) is 0 Å². The Hall–Kier alpha value is -1.60. The van der Waals surface area contributed by atoms with Crippen LogP contribution in [0.2, 0.25) is 0 Å². The number of amides is 1. The summed E-state index contributed by atoms with van der Waals surface area (Å²) in [6.07, 6.45) is 1.03. The molecule has 1 aromatic rings. The second-order valence-corrected chi connectivity index (χ2v) is 8.12. The van der Waals surface area contributed by atoms with E-state index in [1.807, 2.05) is 26.0 Å². The van der Waals surface area contributed by atoms with Crippen LogP contribution in [0.4, 0.5) is 4.79 Å². The summed E-state index contributed by atoms with van der Waals surface area (Å²) in [6, 6.07) is 5.48. The van der Waals surface area contributed by atoms with E-state index in [4.69, 9.17) is 4.74 Å². The van der Waals surface area contributed by atoms with E-state index >= 15 is 0 Å². The summed E-state index contributed by atoms with van der Waals surface area (Å²) in [5.41, 5.74) is 1.82. The zero-order valence-electron chi connectivity index (χ0n) is 13.5. The van der Waals surface area contributed by atoms with Crippen LogP contribution in [0, 0.1) is 13.8 Å². The molecule has 2 aliphatic rings. The summed E-state index contributed by atoms with van der Waals surface area (Å²) >= 11 is 0. The second-order valence-electron chi connectivity index (χ2n) is 6.21. The van der Waals surface area contributed by atoms with Gasteiger partial charge in [0.25, 0.3) is 0 Å². The number of carbonyl (C=O) groups is 1. The summed E-state index contributed by atoms with van der Waals surface area (Å²) in [6.45, 7) is 5.68. The first-order valence-electron chi connectivity index (χ1n) is 7.90. The van der Waals surface area contributed by atoms with Gasteiger partial charge in [-0.2, -0.15) is 4.31 Å². The molecule has 1 amide bonds. The number of carbonyl (C=O) groups excluding carboxylic acids is 1. The molecule has 126 valence electrons. The molecule has 2 fully saturated rings. The van der Waals surface area contributed by atoms with Crippen LogP contribution in [0.3, 0.4) is 0 Å². The molecule has 0 saturated carbocycles. The van der Waals surface area contributed by atoms with E-state index in [1.165, 1.54) is 4.31 Å². The number of ether oxygens (including phenoxy) is 1. The standard InChI is InChI=1S/C16H22N2O4S/c1-12-3-4-15(13(2)11-12)23(20,21)17-7-5-14(6-8-17)18-9-10-22-16(18)19/h3-4,11,14H,5-10H2,1-2H3. The highest BCUT2D eigenvalue weighted by atomic mass is 32.2. The van der Waals surface area contributed by atoms with Crippen molar-refractivity contribution in [3.8, 4) is 0 Å². The van der Waals surface area contributed by atoms with Gasteiger partial charge in [-0.25, -0.2) is 13.2 Å². The predicted octanol–water partition coefficient (Wildman–Crippen LogP) is 1.91. The van der Waals surface area contributed by atoms with Crippen LogP contribution in [-0.2, 0) is 14.8 Å². The number of cyclic esters (lactones) is 1. The van der Waals surface area contributed by atoms with E-state index in [1.54, 1.807) is 11.0 Å². The van der Waals surface area contributed by atoms with E-state index in [2.05, 4.69) is 0 Å². The highest BCUT2D eigenvalue weighted by Crippen LogP contribution is 2.26. The number of benzene rings is 1. The summed E-state index contributed by atoms with van der Waals surface area (Å²) in [5.74, 6) is 0. The van der Waals surface area contributed by atoms with Gasteiger partial charge in [0.05, 0.1) is 11.4 Å². The van der Waals surface area contributed by atoms with Gasteiger partial charge in [-0.15, -0.1) is 0 Å². The molecule has 2 saturated heterocycles. The fourth-order valence-electron chi connectivity index (χ4n) is 3.36. The molecule has 0 aromatic heterocycles. The number of hydrogen-bond acceptors (Lipinski definition) is 4. The molecule has 3 rings (SSSR count). The molecule has 6 nitrogen and oxygen atoms in total. The van der Waals surface area contributed by atoms with Gasteiger partial charge in [0, 0.05) is 19.1 Å². The van der Waals surface area contributed by atoms with Crippen LogP contribution in [-0.4, -0.2) is 56.0 Å². The van der Waals surface area contributed by atoms with Crippen molar-refractivity contribution in [3.63, 3.8) is 0 Å². The van der Waals surface area contributed by atoms with Crippen LogP contribution in [0.15, 0.2) is 23.1 Å². The number of nitrogens with zero attached hydrogens (tertiary/aromatic N) is 2. The normalized spacial score (nSPS) is 20.8. The summed E-state index contributed by atoms with van der Waals surface area (Å²) in [5, 5.41) is 0. The molecule has 7 heteroatoms. The minimum Gasteiger partial charge on any atom is -0.448 e. The minimum absolute atomic E-state index is 0.0792. The maximum Gasteiger partial charge on any atom is 0.410 e. The zero-order valence-corrected chi connectivity index (χ0v) is 14.3. The smallest absolute Gasteiger partial charge is 0.410 e. The zero-order chi connectivity index (χ0) is 16.6. The van der Waals surface area contributed by atoms with E-state index in [9.17, 15) is 13.2 Å². The van der Waals surface area contributed by atoms with Crippen LogP contribution < -0.4 is 0 Å². The van der Waals surface area contributed by atoms with Crippen molar-refractivity contribution in [2.75, 3.05) is 26.2 Å². The molecule has 23 heavy (non-hydrogen) atoms. The highest BCUT2D eigenvalue weighted by molar-refractivity contribution is 7.89.